The van der Waals surface area contributed by atoms with Crippen LogP contribution in [-0.4, -0.2) is 38.7 Å². The molecule has 1 aliphatic rings. The molecule has 0 bridgehead atoms. The maximum absolute atomic E-state index is 5.27. The Bertz CT molecular complexity index is 894. The molecule has 0 spiro atoms. The molecule has 3 aromatic heterocycles. The highest BCUT2D eigenvalue weighted by molar-refractivity contribution is 5.64. The van der Waals surface area contributed by atoms with Crippen LogP contribution in [0.1, 0.15) is 28.4 Å². The number of aromatic nitrogens is 4. The van der Waals surface area contributed by atoms with E-state index in [2.05, 4.69) is 31.1 Å². The molecule has 134 valence electrons. The summed E-state index contributed by atoms with van der Waals surface area (Å²) in [6, 6.07) is 6.03. The van der Waals surface area contributed by atoms with Gasteiger partial charge in [-0.15, -0.1) is 0 Å². The molecule has 0 atom stereocenters. The summed E-state index contributed by atoms with van der Waals surface area (Å²) in [6.07, 6.45) is 4.73. The van der Waals surface area contributed by atoms with E-state index in [-0.39, 0.29) is 0 Å². The van der Waals surface area contributed by atoms with Crippen LogP contribution in [0.2, 0.25) is 0 Å². The maximum Gasteiger partial charge on any atom is 0.252 e. The van der Waals surface area contributed by atoms with Gasteiger partial charge in [-0.25, -0.2) is 0 Å². The predicted molar refractivity (Wildman–Crippen MR) is 95.0 cm³/mol. The first kappa shape index (κ1) is 16.8. The Morgan fingerprint density at radius 3 is 3.00 bits per heavy atom. The van der Waals surface area contributed by atoms with E-state index in [1.807, 2.05) is 31.5 Å². The topological polar surface area (TPSA) is 77.2 Å². The standard InChI is InChI=1S/C19H21N5O2/c1-13-18(19-22-17(12-25-2)26-23-19)16-6-8-24(10-14(16)9-21-13)11-15-5-3-4-7-20-15/h3-5,7,9H,6,8,10-12H2,1-2H3. The van der Waals surface area contributed by atoms with Crippen molar-refractivity contribution in [2.75, 3.05) is 13.7 Å². The molecule has 0 unspecified atom stereocenters. The highest BCUT2D eigenvalue weighted by Gasteiger charge is 2.24. The number of rotatable bonds is 5. The molecule has 4 heterocycles. The van der Waals surface area contributed by atoms with Gasteiger partial charge in [0.15, 0.2) is 0 Å². The van der Waals surface area contributed by atoms with Crippen LogP contribution in [-0.2, 0) is 30.9 Å². The summed E-state index contributed by atoms with van der Waals surface area (Å²) in [5, 5.41) is 4.13. The van der Waals surface area contributed by atoms with Crippen molar-refractivity contribution in [2.45, 2.75) is 33.0 Å². The van der Waals surface area contributed by atoms with Crippen LogP contribution in [0.4, 0.5) is 0 Å². The predicted octanol–water partition coefficient (Wildman–Crippen LogP) is 2.54. The molecule has 26 heavy (non-hydrogen) atoms. The van der Waals surface area contributed by atoms with E-state index in [0.29, 0.717) is 18.3 Å². The van der Waals surface area contributed by atoms with Gasteiger partial charge in [0.2, 0.25) is 5.82 Å². The number of pyridine rings is 2. The van der Waals surface area contributed by atoms with Crippen molar-refractivity contribution in [1.29, 1.82) is 0 Å². The van der Waals surface area contributed by atoms with E-state index in [9.17, 15) is 0 Å². The average Bonchev–Trinajstić information content (AvgIpc) is 3.11. The Morgan fingerprint density at radius 2 is 2.19 bits per heavy atom. The third-order valence-electron chi connectivity index (χ3n) is 4.61. The highest BCUT2D eigenvalue weighted by Crippen LogP contribution is 2.31. The van der Waals surface area contributed by atoms with Crippen LogP contribution < -0.4 is 0 Å². The van der Waals surface area contributed by atoms with Gasteiger partial charge in [-0.2, -0.15) is 4.98 Å². The molecule has 0 aromatic carbocycles. The number of nitrogens with zero attached hydrogens (tertiary/aromatic N) is 5. The lowest BCUT2D eigenvalue weighted by atomic mass is 9.94. The quantitative estimate of drug-likeness (QED) is 0.699. The molecule has 0 fully saturated rings. The molecule has 0 saturated heterocycles. The second-order valence-electron chi connectivity index (χ2n) is 6.45. The first-order valence-corrected chi connectivity index (χ1v) is 8.66. The Hall–Kier alpha value is -2.64. The van der Waals surface area contributed by atoms with Crippen molar-refractivity contribution in [1.82, 2.24) is 25.0 Å². The van der Waals surface area contributed by atoms with Crippen molar-refractivity contribution in [3.8, 4) is 11.4 Å². The van der Waals surface area contributed by atoms with E-state index < -0.39 is 0 Å². The van der Waals surface area contributed by atoms with Crippen molar-refractivity contribution in [2.24, 2.45) is 0 Å². The van der Waals surface area contributed by atoms with Crippen LogP contribution in [0, 0.1) is 6.92 Å². The molecule has 3 aromatic rings. The molecule has 0 aliphatic carbocycles. The van der Waals surface area contributed by atoms with Gasteiger partial charge in [-0.05, 0) is 36.6 Å². The number of fused-ring (bicyclic) bond motifs is 1. The van der Waals surface area contributed by atoms with Crippen molar-refractivity contribution >= 4 is 0 Å². The number of hydrogen-bond acceptors (Lipinski definition) is 7. The van der Waals surface area contributed by atoms with Gasteiger partial charge in [0.25, 0.3) is 5.89 Å². The smallest absolute Gasteiger partial charge is 0.252 e. The first-order chi connectivity index (χ1) is 12.7. The molecular formula is C19H21N5O2. The number of hydrogen-bond donors (Lipinski definition) is 0. The van der Waals surface area contributed by atoms with E-state index in [1.165, 1.54) is 11.1 Å². The summed E-state index contributed by atoms with van der Waals surface area (Å²) < 4.78 is 10.3. The number of aryl methyl sites for hydroxylation is 1. The summed E-state index contributed by atoms with van der Waals surface area (Å²) in [4.78, 5) is 15.8. The number of methoxy groups -OCH3 is 1. The maximum atomic E-state index is 5.27. The second kappa shape index (κ2) is 7.31. The third-order valence-corrected chi connectivity index (χ3v) is 4.61. The lowest BCUT2D eigenvalue weighted by molar-refractivity contribution is 0.151. The molecular weight excluding hydrogens is 330 g/mol. The van der Waals surface area contributed by atoms with Gasteiger partial charge in [-0.1, -0.05) is 11.2 Å². The summed E-state index contributed by atoms with van der Waals surface area (Å²) in [6.45, 7) is 4.94. The van der Waals surface area contributed by atoms with Crippen LogP contribution >= 0.6 is 0 Å². The van der Waals surface area contributed by atoms with Crippen molar-refractivity contribution in [3.05, 3.63) is 59.0 Å². The second-order valence-corrected chi connectivity index (χ2v) is 6.45. The molecule has 0 N–H and O–H groups in total. The van der Waals surface area contributed by atoms with Gasteiger partial charge in [-0.3, -0.25) is 14.9 Å². The fourth-order valence-electron chi connectivity index (χ4n) is 3.40. The largest absolute Gasteiger partial charge is 0.375 e. The van der Waals surface area contributed by atoms with Gasteiger partial charge < -0.3 is 9.26 Å². The van der Waals surface area contributed by atoms with Gasteiger partial charge in [0, 0.05) is 50.4 Å². The normalized spacial score (nSPS) is 14.4. The minimum Gasteiger partial charge on any atom is -0.375 e. The average molecular weight is 351 g/mol. The summed E-state index contributed by atoms with van der Waals surface area (Å²) in [7, 11) is 1.61. The lowest BCUT2D eigenvalue weighted by Gasteiger charge is -2.29. The van der Waals surface area contributed by atoms with Crippen LogP contribution in [0.3, 0.4) is 0 Å². The Morgan fingerprint density at radius 1 is 1.27 bits per heavy atom. The molecule has 7 nitrogen and oxygen atoms in total. The molecule has 7 heteroatoms. The first-order valence-electron chi connectivity index (χ1n) is 8.66. The Kier molecular flexibility index (Phi) is 4.73. The van der Waals surface area contributed by atoms with E-state index in [1.54, 1.807) is 7.11 Å². The molecule has 0 radical (unpaired) electrons. The van der Waals surface area contributed by atoms with Crippen LogP contribution in [0.15, 0.2) is 35.1 Å². The monoisotopic (exact) mass is 351 g/mol. The van der Waals surface area contributed by atoms with E-state index >= 15 is 0 Å². The fraction of sp³-hybridized carbons (Fsp3) is 0.368. The minimum atomic E-state index is 0.312. The molecule has 4 rings (SSSR count). The highest BCUT2D eigenvalue weighted by atomic mass is 16.5. The van der Waals surface area contributed by atoms with Crippen LogP contribution in [0.5, 0.6) is 0 Å². The SMILES string of the molecule is COCc1nc(-c2c(C)ncc3c2CCN(Cc2ccccn2)C3)no1. The zero-order chi connectivity index (χ0) is 17.9. The van der Waals surface area contributed by atoms with Crippen molar-refractivity contribution < 1.29 is 9.26 Å². The zero-order valence-corrected chi connectivity index (χ0v) is 15.0. The Balaban J connectivity index is 1.60. The third kappa shape index (κ3) is 3.36. The summed E-state index contributed by atoms with van der Waals surface area (Å²) in [5.74, 6) is 1.07. The molecule has 0 amide bonds. The zero-order valence-electron chi connectivity index (χ0n) is 15.0. The van der Waals surface area contributed by atoms with E-state index in [4.69, 9.17) is 9.26 Å². The van der Waals surface area contributed by atoms with Crippen molar-refractivity contribution in [3.63, 3.8) is 0 Å². The number of ether oxygens (including phenoxy) is 1. The summed E-state index contributed by atoms with van der Waals surface area (Å²) in [5.41, 5.74) is 5.47. The Labute approximate surface area is 152 Å². The minimum absolute atomic E-state index is 0.312. The van der Waals surface area contributed by atoms with E-state index in [0.717, 1.165) is 43.0 Å². The fourth-order valence-corrected chi connectivity index (χ4v) is 3.40. The summed E-state index contributed by atoms with van der Waals surface area (Å²) >= 11 is 0. The molecule has 1 aliphatic heterocycles. The van der Waals surface area contributed by atoms with Gasteiger partial charge in [0.1, 0.15) is 6.61 Å². The van der Waals surface area contributed by atoms with Gasteiger partial charge >= 0.3 is 0 Å². The lowest BCUT2D eigenvalue weighted by Crippen LogP contribution is -2.31. The van der Waals surface area contributed by atoms with Gasteiger partial charge in [0.05, 0.1) is 5.69 Å². The molecule has 0 saturated carbocycles. The van der Waals surface area contributed by atoms with Crippen LogP contribution in [0.25, 0.3) is 11.4 Å².